The van der Waals surface area contributed by atoms with Gasteiger partial charge in [-0.15, -0.1) is 0 Å². The van der Waals surface area contributed by atoms with Gasteiger partial charge in [-0.05, 0) is 56.9 Å². The summed E-state index contributed by atoms with van der Waals surface area (Å²) >= 11 is 0. The van der Waals surface area contributed by atoms with Crippen molar-refractivity contribution in [1.29, 1.82) is 0 Å². The largest absolute Gasteiger partial charge is 0.454 e. The zero-order chi connectivity index (χ0) is 21.5. The minimum atomic E-state index is -3.67. The molecule has 1 fully saturated rings. The Balaban J connectivity index is 1.51. The molecular weight excluding hydrogens is 404 g/mol. The molecule has 2 aliphatic rings. The zero-order valence-electron chi connectivity index (χ0n) is 17.4. The number of fused-ring (bicyclic) bond motifs is 1. The smallest absolute Gasteiger partial charge is 0.243 e. The number of nitrogens with zero attached hydrogens (tertiary/aromatic N) is 1. The molecule has 0 aromatic heterocycles. The van der Waals surface area contributed by atoms with Gasteiger partial charge in [0.15, 0.2) is 11.5 Å². The molecule has 1 atom stereocenters. The number of amides is 1. The molecule has 4 rings (SSSR count). The fourth-order valence-electron chi connectivity index (χ4n) is 4.30. The van der Waals surface area contributed by atoms with Crippen LogP contribution in [0.5, 0.6) is 11.5 Å². The SMILES string of the molecule is Cc1cc(C)c(S(=O)(=O)N2CCCC(C(=O)Nc3ccc4c(c3)OCO4)C2)c(C)c1. The van der Waals surface area contributed by atoms with Crippen LogP contribution in [-0.4, -0.2) is 38.5 Å². The number of benzene rings is 2. The number of piperidine rings is 1. The first-order valence-corrected chi connectivity index (χ1v) is 11.5. The molecule has 1 N–H and O–H groups in total. The highest BCUT2D eigenvalue weighted by molar-refractivity contribution is 7.89. The monoisotopic (exact) mass is 430 g/mol. The summed E-state index contributed by atoms with van der Waals surface area (Å²) in [5, 5.41) is 2.89. The molecule has 0 saturated carbocycles. The lowest BCUT2D eigenvalue weighted by Crippen LogP contribution is -2.44. The van der Waals surface area contributed by atoms with E-state index >= 15 is 0 Å². The third-order valence-electron chi connectivity index (χ3n) is 5.60. The summed E-state index contributed by atoms with van der Waals surface area (Å²) in [7, 11) is -3.67. The van der Waals surface area contributed by atoms with Crippen LogP contribution in [0, 0.1) is 26.7 Å². The molecule has 7 nitrogen and oxygen atoms in total. The normalized spacial score (nSPS) is 19.0. The number of sulfonamides is 1. The Labute approximate surface area is 177 Å². The second-order valence-corrected chi connectivity index (χ2v) is 9.86. The first kappa shape index (κ1) is 20.7. The minimum absolute atomic E-state index is 0.167. The highest BCUT2D eigenvalue weighted by Crippen LogP contribution is 2.35. The Morgan fingerprint density at radius 1 is 1.07 bits per heavy atom. The molecule has 160 valence electrons. The van der Waals surface area contributed by atoms with Gasteiger partial charge in [0.05, 0.1) is 10.8 Å². The first-order chi connectivity index (χ1) is 14.3. The van der Waals surface area contributed by atoms with Crippen LogP contribution in [0.2, 0.25) is 0 Å². The fraction of sp³-hybridized carbons (Fsp3) is 0.409. The first-order valence-electron chi connectivity index (χ1n) is 10.0. The number of hydrogen-bond acceptors (Lipinski definition) is 5. The number of anilines is 1. The van der Waals surface area contributed by atoms with Crippen LogP contribution < -0.4 is 14.8 Å². The van der Waals surface area contributed by atoms with Crippen molar-refractivity contribution in [1.82, 2.24) is 4.31 Å². The predicted octanol–water partition coefficient (Wildman–Crippen LogP) is 3.38. The molecule has 1 saturated heterocycles. The number of hydrogen-bond donors (Lipinski definition) is 1. The maximum atomic E-state index is 13.4. The van der Waals surface area contributed by atoms with Crippen LogP contribution in [0.15, 0.2) is 35.2 Å². The quantitative estimate of drug-likeness (QED) is 0.804. The molecule has 0 radical (unpaired) electrons. The second kappa shape index (κ2) is 7.92. The van der Waals surface area contributed by atoms with E-state index in [4.69, 9.17) is 9.47 Å². The number of ether oxygens (including phenoxy) is 2. The van der Waals surface area contributed by atoms with Crippen LogP contribution in [0.4, 0.5) is 5.69 Å². The molecule has 0 bridgehead atoms. The van der Waals surface area contributed by atoms with Gasteiger partial charge in [0.1, 0.15) is 0 Å². The van der Waals surface area contributed by atoms with Gasteiger partial charge in [0.2, 0.25) is 22.7 Å². The summed E-state index contributed by atoms with van der Waals surface area (Å²) < 4.78 is 38.8. The Morgan fingerprint density at radius 3 is 2.50 bits per heavy atom. The van der Waals surface area contributed by atoms with Crippen LogP contribution >= 0.6 is 0 Å². The van der Waals surface area contributed by atoms with E-state index in [2.05, 4.69) is 5.32 Å². The molecule has 1 amide bonds. The van der Waals surface area contributed by atoms with Gasteiger partial charge in [-0.2, -0.15) is 4.31 Å². The number of carbonyl (C=O) groups excluding carboxylic acids is 1. The second-order valence-electron chi connectivity index (χ2n) is 7.99. The van der Waals surface area contributed by atoms with E-state index < -0.39 is 15.9 Å². The average Bonchev–Trinajstić information content (AvgIpc) is 3.15. The number of carbonyl (C=O) groups is 1. The van der Waals surface area contributed by atoms with E-state index in [0.29, 0.717) is 41.5 Å². The van der Waals surface area contributed by atoms with Gasteiger partial charge >= 0.3 is 0 Å². The van der Waals surface area contributed by atoms with Gasteiger partial charge < -0.3 is 14.8 Å². The minimum Gasteiger partial charge on any atom is -0.454 e. The lowest BCUT2D eigenvalue weighted by molar-refractivity contribution is -0.120. The molecular formula is C22H26N2O5S. The lowest BCUT2D eigenvalue weighted by atomic mass is 9.98. The summed E-state index contributed by atoms with van der Waals surface area (Å²) in [6.07, 6.45) is 1.29. The van der Waals surface area contributed by atoms with E-state index in [-0.39, 0.29) is 19.2 Å². The van der Waals surface area contributed by atoms with Crippen LogP contribution in [0.25, 0.3) is 0 Å². The molecule has 2 aromatic rings. The van der Waals surface area contributed by atoms with E-state index in [1.54, 1.807) is 18.2 Å². The lowest BCUT2D eigenvalue weighted by Gasteiger charge is -2.32. The predicted molar refractivity (Wildman–Crippen MR) is 113 cm³/mol. The third kappa shape index (κ3) is 3.89. The van der Waals surface area contributed by atoms with E-state index in [0.717, 1.165) is 16.7 Å². The number of rotatable bonds is 4. The fourth-order valence-corrected chi connectivity index (χ4v) is 6.23. The van der Waals surface area contributed by atoms with E-state index in [1.165, 1.54) is 4.31 Å². The van der Waals surface area contributed by atoms with Gasteiger partial charge in [-0.1, -0.05) is 17.7 Å². The van der Waals surface area contributed by atoms with Crippen molar-refractivity contribution < 1.29 is 22.7 Å². The molecule has 0 aliphatic carbocycles. The molecule has 2 aromatic carbocycles. The topological polar surface area (TPSA) is 84.9 Å². The van der Waals surface area contributed by atoms with Crippen molar-refractivity contribution in [3.63, 3.8) is 0 Å². The maximum Gasteiger partial charge on any atom is 0.243 e. The van der Waals surface area contributed by atoms with Crippen molar-refractivity contribution in [3.8, 4) is 11.5 Å². The molecule has 2 aliphatic heterocycles. The molecule has 1 unspecified atom stereocenters. The summed E-state index contributed by atoms with van der Waals surface area (Å²) in [4.78, 5) is 13.2. The van der Waals surface area contributed by atoms with Gasteiger partial charge in [-0.25, -0.2) is 8.42 Å². The molecule has 30 heavy (non-hydrogen) atoms. The molecule has 8 heteroatoms. The molecule has 0 spiro atoms. The standard InChI is InChI=1S/C22H26N2O5S/c1-14-9-15(2)21(16(3)10-14)30(26,27)24-8-4-5-17(12-24)22(25)23-18-6-7-19-20(11-18)29-13-28-19/h6-7,9-11,17H,4-5,8,12-13H2,1-3H3,(H,23,25). The van der Waals surface area contributed by atoms with Gasteiger partial charge in [0, 0.05) is 24.8 Å². The molecule has 2 heterocycles. The summed E-state index contributed by atoms with van der Waals surface area (Å²) in [5.74, 6) is 0.633. The van der Waals surface area contributed by atoms with Crippen molar-refractivity contribution in [2.24, 2.45) is 5.92 Å². The van der Waals surface area contributed by atoms with Crippen molar-refractivity contribution in [2.45, 2.75) is 38.5 Å². The average molecular weight is 431 g/mol. The third-order valence-corrected chi connectivity index (χ3v) is 7.77. The zero-order valence-corrected chi connectivity index (χ0v) is 18.2. The Morgan fingerprint density at radius 2 is 1.77 bits per heavy atom. The summed E-state index contributed by atoms with van der Waals surface area (Å²) in [5.41, 5.74) is 3.11. The highest BCUT2D eigenvalue weighted by atomic mass is 32.2. The summed E-state index contributed by atoms with van der Waals surface area (Å²) in [6, 6.07) is 8.98. The number of aryl methyl sites for hydroxylation is 3. The summed E-state index contributed by atoms with van der Waals surface area (Å²) in [6.45, 7) is 6.35. The van der Waals surface area contributed by atoms with Crippen molar-refractivity contribution >= 4 is 21.6 Å². The van der Waals surface area contributed by atoms with E-state index in [1.807, 2.05) is 32.9 Å². The number of nitrogens with one attached hydrogen (secondary N) is 1. The van der Waals surface area contributed by atoms with Gasteiger partial charge in [-0.3, -0.25) is 4.79 Å². The Hall–Kier alpha value is -2.58. The van der Waals surface area contributed by atoms with E-state index in [9.17, 15) is 13.2 Å². The highest BCUT2D eigenvalue weighted by Gasteiger charge is 2.35. The van der Waals surface area contributed by atoms with Crippen LogP contribution in [0.3, 0.4) is 0 Å². The van der Waals surface area contributed by atoms with Crippen molar-refractivity contribution in [2.75, 3.05) is 25.2 Å². The van der Waals surface area contributed by atoms with Gasteiger partial charge in [0.25, 0.3) is 0 Å². The Kier molecular flexibility index (Phi) is 5.46. The Bertz CT molecular complexity index is 1070. The van der Waals surface area contributed by atoms with Crippen molar-refractivity contribution in [3.05, 3.63) is 47.0 Å². The van der Waals surface area contributed by atoms with Crippen LogP contribution in [-0.2, 0) is 14.8 Å². The van der Waals surface area contributed by atoms with Crippen LogP contribution in [0.1, 0.15) is 29.5 Å². The maximum absolute atomic E-state index is 13.4.